The summed E-state index contributed by atoms with van der Waals surface area (Å²) in [6.45, 7) is 4.61. The van der Waals surface area contributed by atoms with E-state index in [1.165, 1.54) is 37.0 Å². The molecule has 1 amide bonds. The van der Waals surface area contributed by atoms with E-state index in [4.69, 9.17) is 5.73 Å². The van der Waals surface area contributed by atoms with Crippen molar-refractivity contribution in [1.29, 1.82) is 0 Å². The van der Waals surface area contributed by atoms with Gasteiger partial charge in [0, 0.05) is 19.6 Å². The number of nitrogens with two attached hydrogens (primary N) is 1. The summed E-state index contributed by atoms with van der Waals surface area (Å²) in [5, 5.41) is 3.77. The lowest BCUT2D eigenvalue weighted by molar-refractivity contribution is 0.0959. The van der Waals surface area contributed by atoms with Crippen LogP contribution in [0.2, 0.25) is 0 Å². The maximum atomic E-state index is 12.1. The summed E-state index contributed by atoms with van der Waals surface area (Å²) in [5.74, 6) is 0.235. The van der Waals surface area contributed by atoms with Crippen molar-refractivity contribution in [2.45, 2.75) is 39.0 Å². The number of rotatable bonds is 5. The van der Waals surface area contributed by atoms with Crippen LogP contribution in [0.15, 0.2) is 12.2 Å². The van der Waals surface area contributed by atoms with Crippen LogP contribution in [0.4, 0.5) is 10.9 Å². The molecule has 0 aliphatic carbocycles. The third-order valence-corrected chi connectivity index (χ3v) is 4.69. The van der Waals surface area contributed by atoms with Gasteiger partial charge in [0.15, 0.2) is 5.13 Å². The maximum Gasteiger partial charge on any atom is 0.265 e. The smallest absolute Gasteiger partial charge is 0.265 e. The number of allylic oxidation sites excluding steroid dienone is 1. The minimum atomic E-state index is -0.115. The molecule has 1 aliphatic heterocycles. The number of hydrogen-bond donors (Lipinski definition) is 2. The van der Waals surface area contributed by atoms with Crippen LogP contribution in [0, 0.1) is 0 Å². The zero-order valence-electron chi connectivity index (χ0n) is 12.6. The van der Waals surface area contributed by atoms with Crippen LogP contribution in [0.1, 0.15) is 48.7 Å². The first-order chi connectivity index (χ1) is 10.2. The third kappa shape index (κ3) is 4.46. The summed E-state index contributed by atoms with van der Waals surface area (Å²) in [5.41, 5.74) is 5.92. The Morgan fingerprint density at radius 3 is 2.76 bits per heavy atom. The van der Waals surface area contributed by atoms with Crippen LogP contribution in [0.25, 0.3) is 0 Å². The highest BCUT2D eigenvalue weighted by Gasteiger charge is 2.20. The Hall–Kier alpha value is -1.56. The van der Waals surface area contributed by atoms with Crippen LogP contribution in [-0.4, -0.2) is 30.5 Å². The van der Waals surface area contributed by atoms with E-state index in [2.05, 4.69) is 15.2 Å². The molecule has 0 bridgehead atoms. The Labute approximate surface area is 130 Å². The minimum absolute atomic E-state index is 0.115. The van der Waals surface area contributed by atoms with Gasteiger partial charge in [-0.2, -0.15) is 0 Å². The van der Waals surface area contributed by atoms with Crippen molar-refractivity contribution in [3.63, 3.8) is 0 Å². The first-order valence-corrected chi connectivity index (χ1v) is 8.44. The van der Waals surface area contributed by atoms with E-state index in [9.17, 15) is 4.79 Å². The average Bonchev–Trinajstić information content (AvgIpc) is 2.70. The van der Waals surface area contributed by atoms with Gasteiger partial charge in [-0.05, 0) is 26.2 Å². The van der Waals surface area contributed by atoms with Gasteiger partial charge in [-0.25, -0.2) is 4.98 Å². The fraction of sp³-hybridized carbons (Fsp3) is 0.600. The molecule has 116 valence electrons. The van der Waals surface area contributed by atoms with Crippen molar-refractivity contribution in [3.05, 3.63) is 17.0 Å². The zero-order valence-corrected chi connectivity index (χ0v) is 13.4. The molecule has 3 N–H and O–H groups in total. The molecular weight excluding hydrogens is 284 g/mol. The molecular formula is C15H24N4OS. The highest BCUT2D eigenvalue weighted by molar-refractivity contribution is 7.18. The fourth-order valence-electron chi connectivity index (χ4n) is 2.40. The van der Waals surface area contributed by atoms with Gasteiger partial charge < -0.3 is 16.0 Å². The summed E-state index contributed by atoms with van der Waals surface area (Å²) >= 11 is 1.41. The standard InChI is InChI=1S/C15H24N4OS/c1-2-3-6-9-17-14(20)12-13(16)18-15(21-12)19-10-7-4-5-8-11-19/h2-3H,4-11,16H2,1H3,(H,17,20)/b3-2+. The van der Waals surface area contributed by atoms with E-state index in [1.54, 1.807) is 0 Å². The molecule has 0 radical (unpaired) electrons. The first-order valence-electron chi connectivity index (χ1n) is 7.63. The Morgan fingerprint density at radius 1 is 1.38 bits per heavy atom. The van der Waals surface area contributed by atoms with Crippen molar-refractivity contribution in [2.75, 3.05) is 30.3 Å². The van der Waals surface area contributed by atoms with E-state index in [0.717, 1.165) is 24.6 Å². The number of amides is 1. The first kappa shape index (κ1) is 15.8. The number of carbonyl (C=O) groups is 1. The van der Waals surface area contributed by atoms with Gasteiger partial charge in [0.05, 0.1) is 0 Å². The number of anilines is 2. The van der Waals surface area contributed by atoms with Crippen LogP contribution in [-0.2, 0) is 0 Å². The lowest BCUT2D eigenvalue weighted by atomic mass is 10.2. The van der Waals surface area contributed by atoms with Crippen LogP contribution in [0.5, 0.6) is 0 Å². The summed E-state index contributed by atoms with van der Waals surface area (Å²) in [4.78, 5) is 19.3. The second kappa shape index (κ2) is 8.02. The molecule has 0 spiro atoms. The highest BCUT2D eigenvalue weighted by atomic mass is 32.1. The Balaban J connectivity index is 1.98. The summed E-state index contributed by atoms with van der Waals surface area (Å²) < 4.78 is 0. The molecule has 21 heavy (non-hydrogen) atoms. The monoisotopic (exact) mass is 308 g/mol. The van der Waals surface area contributed by atoms with Gasteiger partial charge in [0.1, 0.15) is 10.7 Å². The van der Waals surface area contributed by atoms with Gasteiger partial charge in [-0.15, -0.1) is 0 Å². The molecule has 5 nitrogen and oxygen atoms in total. The highest BCUT2D eigenvalue weighted by Crippen LogP contribution is 2.29. The lowest BCUT2D eigenvalue weighted by Gasteiger charge is -2.18. The van der Waals surface area contributed by atoms with E-state index >= 15 is 0 Å². The predicted molar refractivity (Wildman–Crippen MR) is 89.0 cm³/mol. The summed E-state index contributed by atoms with van der Waals surface area (Å²) in [6.07, 6.45) is 9.75. The van der Waals surface area contributed by atoms with Crippen molar-refractivity contribution < 1.29 is 4.79 Å². The van der Waals surface area contributed by atoms with Gasteiger partial charge in [-0.3, -0.25) is 4.79 Å². The Morgan fingerprint density at radius 2 is 2.10 bits per heavy atom. The largest absolute Gasteiger partial charge is 0.382 e. The maximum absolute atomic E-state index is 12.1. The molecule has 0 unspecified atom stereocenters. The molecule has 2 rings (SSSR count). The number of carbonyl (C=O) groups excluding carboxylic acids is 1. The second-order valence-electron chi connectivity index (χ2n) is 5.23. The molecule has 1 fully saturated rings. The molecule has 1 saturated heterocycles. The normalized spacial score (nSPS) is 16.1. The number of aromatic nitrogens is 1. The van der Waals surface area contributed by atoms with Gasteiger partial charge >= 0.3 is 0 Å². The van der Waals surface area contributed by atoms with Gasteiger partial charge in [0.2, 0.25) is 0 Å². The molecule has 1 aromatic heterocycles. The van der Waals surface area contributed by atoms with Gasteiger partial charge in [0.25, 0.3) is 5.91 Å². The SMILES string of the molecule is C/C=C/CCNC(=O)c1sc(N2CCCCCC2)nc1N. The minimum Gasteiger partial charge on any atom is -0.382 e. The second-order valence-corrected chi connectivity index (χ2v) is 6.20. The number of thiazole rings is 1. The molecule has 1 aliphatic rings. The third-order valence-electron chi connectivity index (χ3n) is 3.56. The van der Waals surface area contributed by atoms with Crippen molar-refractivity contribution in [1.82, 2.24) is 10.3 Å². The Kier molecular flexibility index (Phi) is 6.04. The van der Waals surface area contributed by atoms with Crippen LogP contribution < -0.4 is 16.0 Å². The molecule has 6 heteroatoms. The average molecular weight is 308 g/mol. The lowest BCUT2D eigenvalue weighted by Crippen LogP contribution is -2.24. The number of hydrogen-bond acceptors (Lipinski definition) is 5. The molecule has 0 saturated carbocycles. The van der Waals surface area contributed by atoms with Crippen LogP contribution in [0.3, 0.4) is 0 Å². The number of nitrogen functional groups attached to an aromatic ring is 1. The topological polar surface area (TPSA) is 71.2 Å². The quantitative estimate of drug-likeness (QED) is 0.648. The predicted octanol–water partition coefficient (Wildman–Crippen LogP) is 2.80. The van der Waals surface area contributed by atoms with Gasteiger partial charge in [-0.1, -0.05) is 36.3 Å². The van der Waals surface area contributed by atoms with Crippen LogP contribution >= 0.6 is 11.3 Å². The summed E-state index contributed by atoms with van der Waals surface area (Å²) in [6, 6.07) is 0. The van der Waals surface area contributed by atoms with E-state index < -0.39 is 0 Å². The molecule has 0 aromatic carbocycles. The zero-order chi connectivity index (χ0) is 15.1. The van der Waals surface area contributed by atoms with E-state index in [-0.39, 0.29) is 5.91 Å². The van der Waals surface area contributed by atoms with Crippen molar-refractivity contribution in [3.8, 4) is 0 Å². The van der Waals surface area contributed by atoms with E-state index in [1.807, 2.05) is 19.1 Å². The fourth-order valence-corrected chi connectivity index (χ4v) is 3.35. The number of nitrogens with zero attached hydrogens (tertiary/aromatic N) is 2. The number of nitrogens with one attached hydrogen (secondary N) is 1. The molecule has 1 aromatic rings. The molecule has 2 heterocycles. The van der Waals surface area contributed by atoms with Crippen molar-refractivity contribution in [2.24, 2.45) is 0 Å². The van der Waals surface area contributed by atoms with E-state index in [0.29, 0.717) is 17.2 Å². The molecule has 0 atom stereocenters. The van der Waals surface area contributed by atoms with Crippen molar-refractivity contribution >= 4 is 28.2 Å². The Bertz CT molecular complexity index is 490. The summed E-state index contributed by atoms with van der Waals surface area (Å²) in [7, 11) is 0.